The van der Waals surface area contributed by atoms with Crippen LogP contribution in [0.5, 0.6) is 11.5 Å². The van der Waals surface area contributed by atoms with Crippen molar-refractivity contribution in [2.45, 2.75) is 0 Å². The van der Waals surface area contributed by atoms with Gasteiger partial charge in [0.2, 0.25) is 18.0 Å². The van der Waals surface area contributed by atoms with E-state index < -0.39 is 0 Å². The summed E-state index contributed by atoms with van der Waals surface area (Å²) in [6, 6.07) is 15.1. The van der Waals surface area contributed by atoms with Gasteiger partial charge in [0.1, 0.15) is 5.58 Å². The molecule has 0 fully saturated rings. The Hall–Kier alpha value is -3.01. The molecular formula is C18H10O4. The third-order valence-electron chi connectivity index (χ3n) is 4.04. The monoisotopic (exact) mass is 290 g/mol. The van der Waals surface area contributed by atoms with E-state index in [1.54, 1.807) is 12.1 Å². The molecule has 0 saturated heterocycles. The Kier molecular flexibility index (Phi) is 2.12. The second kappa shape index (κ2) is 4.01. The largest absolute Gasteiger partial charge is 0.453 e. The van der Waals surface area contributed by atoms with Crippen LogP contribution in [-0.2, 0) is 0 Å². The molecule has 22 heavy (non-hydrogen) atoms. The lowest BCUT2D eigenvalue weighted by molar-refractivity contribution is 0.174. The van der Waals surface area contributed by atoms with Crippen LogP contribution < -0.4 is 14.9 Å². The Balaban J connectivity index is 2.01. The minimum atomic E-state index is -0.0553. The summed E-state index contributed by atoms with van der Waals surface area (Å²) in [6.07, 6.45) is 0. The Morgan fingerprint density at radius 3 is 2.55 bits per heavy atom. The fourth-order valence-electron chi connectivity index (χ4n) is 2.96. The minimum Gasteiger partial charge on any atom is -0.453 e. The first-order valence-corrected chi connectivity index (χ1v) is 6.99. The number of fused-ring (bicyclic) bond motifs is 5. The molecule has 4 aromatic rings. The van der Waals surface area contributed by atoms with Crippen LogP contribution in [0.4, 0.5) is 0 Å². The standard InChI is InChI=1S/C18H10O4/c19-16-12-5-6-14-18(21-9-20-14)17(12)22-15-8-11-4-2-1-3-10(11)7-13(15)16/h1-8H,9H2. The van der Waals surface area contributed by atoms with E-state index in [2.05, 4.69) is 0 Å². The predicted molar refractivity (Wildman–Crippen MR) is 83.6 cm³/mol. The van der Waals surface area contributed by atoms with E-state index in [-0.39, 0.29) is 12.2 Å². The lowest BCUT2D eigenvalue weighted by Crippen LogP contribution is -2.02. The highest BCUT2D eigenvalue weighted by atomic mass is 16.7. The number of benzene rings is 3. The third kappa shape index (κ3) is 1.44. The minimum absolute atomic E-state index is 0.0553. The molecule has 3 aromatic carbocycles. The van der Waals surface area contributed by atoms with Gasteiger partial charge in [-0.15, -0.1) is 0 Å². The molecule has 0 aliphatic carbocycles. The Morgan fingerprint density at radius 1 is 0.864 bits per heavy atom. The SMILES string of the molecule is O=c1c2cc3ccccc3cc2oc2c3c(ccc12)OCO3. The Labute approximate surface area is 124 Å². The normalized spacial score (nSPS) is 13.3. The number of hydrogen-bond acceptors (Lipinski definition) is 4. The summed E-state index contributed by atoms with van der Waals surface area (Å²) in [7, 11) is 0. The van der Waals surface area contributed by atoms with Crippen LogP contribution in [0.2, 0.25) is 0 Å². The van der Waals surface area contributed by atoms with Crippen LogP contribution >= 0.6 is 0 Å². The molecule has 4 nitrogen and oxygen atoms in total. The average molecular weight is 290 g/mol. The third-order valence-corrected chi connectivity index (χ3v) is 4.04. The topological polar surface area (TPSA) is 48.7 Å². The highest BCUT2D eigenvalue weighted by Gasteiger charge is 2.21. The van der Waals surface area contributed by atoms with Crippen LogP contribution in [0, 0.1) is 0 Å². The van der Waals surface area contributed by atoms with Crippen LogP contribution in [0.15, 0.2) is 57.7 Å². The van der Waals surface area contributed by atoms with E-state index in [1.807, 2.05) is 36.4 Å². The zero-order valence-electron chi connectivity index (χ0n) is 11.5. The van der Waals surface area contributed by atoms with Gasteiger partial charge in [0.05, 0.1) is 10.8 Å². The first kappa shape index (κ1) is 11.6. The summed E-state index contributed by atoms with van der Waals surface area (Å²) in [6.45, 7) is 0.147. The maximum atomic E-state index is 12.8. The maximum absolute atomic E-state index is 12.8. The van der Waals surface area contributed by atoms with E-state index >= 15 is 0 Å². The van der Waals surface area contributed by atoms with Crippen LogP contribution in [0.3, 0.4) is 0 Å². The molecule has 0 atom stereocenters. The molecule has 1 aliphatic heterocycles. The van der Waals surface area contributed by atoms with Gasteiger partial charge in [-0.3, -0.25) is 4.79 Å². The molecule has 2 heterocycles. The second-order valence-electron chi connectivity index (χ2n) is 5.30. The molecule has 0 unspecified atom stereocenters. The number of hydrogen-bond donors (Lipinski definition) is 0. The van der Waals surface area contributed by atoms with Crippen molar-refractivity contribution in [2.24, 2.45) is 0 Å². The van der Waals surface area contributed by atoms with Gasteiger partial charge < -0.3 is 13.9 Å². The zero-order valence-corrected chi connectivity index (χ0v) is 11.5. The van der Waals surface area contributed by atoms with E-state index in [4.69, 9.17) is 13.9 Å². The van der Waals surface area contributed by atoms with Crippen molar-refractivity contribution in [2.75, 3.05) is 6.79 Å². The van der Waals surface area contributed by atoms with Crippen LogP contribution in [0.1, 0.15) is 0 Å². The smallest absolute Gasteiger partial charge is 0.231 e. The van der Waals surface area contributed by atoms with Crippen molar-refractivity contribution >= 4 is 32.7 Å². The summed E-state index contributed by atoms with van der Waals surface area (Å²) in [5.41, 5.74) is 0.947. The maximum Gasteiger partial charge on any atom is 0.231 e. The predicted octanol–water partition coefficient (Wildman–Crippen LogP) is 3.83. The van der Waals surface area contributed by atoms with Crippen molar-refractivity contribution < 1.29 is 13.9 Å². The highest BCUT2D eigenvalue weighted by Crippen LogP contribution is 2.39. The molecule has 1 aromatic heterocycles. The molecule has 0 N–H and O–H groups in total. The van der Waals surface area contributed by atoms with Crippen molar-refractivity contribution in [3.8, 4) is 11.5 Å². The first-order chi connectivity index (χ1) is 10.8. The molecule has 106 valence electrons. The Bertz CT molecular complexity index is 1120. The van der Waals surface area contributed by atoms with Crippen molar-refractivity contribution in [3.63, 3.8) is 0 Å². The van der Waals surface area contributed by atoms with Crippen molar-refractivity contribution in [1.82, 2.24) is 0 Å². The molecular weight excluding hydrogens is 280 g/mol. The van der Waals surface area contributed by atoms with Gasteiger partial charge in [-0.2, -0.15) is 0 Å². The molecule has 5 rings (SSSR count). The summed E-state index contributed by atoms with van der Waals surface area (Å²) in [5, 5.41) is 3.13. The highest BCUT2D eigenvalue weighted by molar-refractivity contribution is 6.00. The summed E-state index contributed by atoms with van der Waals surface area (Å²) >= 11 is 0. The lowest BCUT2D eigenvalue weighted by atomic mass is 10.1. The van der Waals surface area contributed by atoms with Crippen molar-refractivity contribution in [1.29, 1.82) is 0 Å². The van der Waals surface area contributed by atoms with E-state index in [9.17, 15) is 4.79 Å². The van der Waals surface area contributed by atoms with Crippen LogP contribution in [0.25, 0.3) is 32.7 Å². The average Bonchev–Trinajstić information content (AvgIpc) is 3.03. The fraction of sp³-hybridized carbons (Fsp3) is 0.0556. The van der Waals surface area contributed by atoms with Gasteiger partial charge in [-0.05, 0) is 35.0 Å². The zero-order chi connectivity index (χ0) is 14.7. The van der Waals surface area contributed by atoms with E-state index in [0.717, 1.165) is 10.8 Å². The lowest BCUT2D eigenvalue weighted by Gasteiger charge is -2.05. The Morgan fingerprint density at radius 2 is 1.68 bits per heavy atom. The first-order valence-electron chi connectivity index (χ1n) is 6.99. The van der Waals surface area contributed by atoms with E-state index in [0.29, 0.717) is 33.4 Å². The van der Waals surface area contributed by atoms with Gasteiger partial charge in [0.15, 0.2) is 11.3 Å². The number of rotatable bonds is 0. The summed E-state index contributed by atoms with van der Waals surface area (Å²) in [5.74, 6) is 1.11. The molecule has 4 heteroatoms. The quantitative estimate of drug-likeness (QED) is 0.462. The molecule has 0 saturated carbocycles. The fourth-order valence-corrected chi connectivity index (χ4v) is 2.96. The van der Waals surface area contributed by atoms with Gasteiger partial charge in [-0.1, -0.05) is 24.3 Å². The van der Waals surface area contributed by atoms with Gasteiger partial charge in [0, 0.05) is 0 Å². The number of ether oxygens (including phenoxy) is 2. The molecule has 0 bridgehead atoms. The molecule has 1 aliphatic rings. The van der Waals surface area contributed by atoms with E-state index in [1.165, 1.54) is 0 Å². The van der Waals surface area contributed by atoms with Gasteiger partial charge in [-0.25, -0.2) is 0 Å². The van der Waals surface area contributed by atoms with Crippen molar-refractivity contribution in [3.05, 3.63) is 58.8 Å². The second-order valence-corrected chi connectivity index (χ2v) is 5.30. The van der Waals surface area contributed by atoms with Crippen LogP contribution in [-0.4, -0.2) is 6.79 Å². The molecule has 0 spiro atoms. The molecule has 0 radical (unpaired) electrons. The summed E-state index contributed by atoms with van der Waals surface area (Å²) < 4.78 is 16.8. The molecule has 0 amide bonds. The van der Waals surface area contributed by atoms with Gasteiger partial charge in [0.25, 0.3) is 0 Å². The summed E-state index contributed by atoms with van der Waals surface area (Å²) in [4.78, 5) is 12.8. The van der Waals surface area contributed by atoms with Gasteiger partial charge >= 0.3 is 0 Å².